The number of carboxylic acids is 1. The van der Waals surface area contributed by atoms with E-state index in [4.69, 9.17) is 0 Å². The molecule has 0 aromatic carbocycles. The Morgan fingerprint density at radius 1 is 1.32 bits per heavy atom. The highest BCUT2D eigenvalue weighted by atomic mass is 16.4. The number of likely N-dealkylation sites (N-methyl/N-ethyl adjacent to an activating group) is 1. The molecule has 0 radical (unpaired) electrons. The number of unbranched alkanes of at least 4 members (excludes halogenated alkanes) is 1. The van der Waals surface area contributed by atoms with Crippen LogP contribution in [0.2, 0.25) is 0 Å². The molecule has 1 unspecified atom stereocenters. The maximum absolute atomic E-state index is 11.2. The number of carboxylic acid groups (broad SMARTS) is 1. The molecule has 0 heterocycles. The van der Waals surface area contributed by atoms with Crippen molar-refractivity contribution in [2.24, 2.45) is 0 Å². The second-order valence-corrected chi connectivity index (χ2v) is 6.12. The number of hydrogen-bond acceptors (Lipinski definition) is 3. The Morgan fingerprint density at radius 2 is 1.95 bits per heavy atom. The Kier molecular flexibility index (Phi) is 6.80. The smallest absolute Gasteiger partial charge is 0.323 e. The number of hydrogen-bond donors (Lipinski definition) is 2. The summed E-state index contributed by atoms with van der Waals surface area (Å²) in [4.78, 5) is 13.6. The standard InChI is InChI=1S/C15H30N2O2/c1-15(16-2,14(18)19)11-7-8-12-17(3)13-9-5-4-6-10-13/h13,16H,4-12H2,1-3H3,(H,18,19). The van der Waals surface area contributed by atoms with E-state index >= 15 is 0 Å². The zero-order valence-electron chi connectivity index (χ0n) is 12.7. The Morgan fingerprint density at radius 3 is 2.47 bits per heavy atom. The highest BCUT2D eigenvalue weighted by Crippen LogP contribution is 2.22. The first kappa shape index (κ1) is 16.4. The lowest BCUT2D eigenvalue weighted by Crippen LogP contribution is -2.47. The van der Waals surface area contributed by atoms with Crippen molar-refractivity contribution < 1.29 is 9.90 Å². The zero-order chi connectivity index (χ0) is 14.3. The highest BCUT2D eigenvalue weighted by molar-refractivity contribution is 5.78. The molecular weight excluding hydrogens is 240 g/mol. The summed E-state index contributed by atoms with van der Waals surface area (Å²) < 4.78 is 0. The molecule has 1 fully saturated rings. The summed E-state index contributed by atoms with van der Waals surface area (Å²) in [6, 6.07) is 0.754. The number of aliphatic carboxylic acids is 1. The van der Waals surface area contributed by atoms with E-state index in [1.807, 2.05) is 0 Å². The lowest BCUT2D eigenvalue weighted by atomic mass is 9.93. The van der Waals surface area contributed by atoms with Crippen LogP contribution in [0.15, 0.2) is 0 Å². The molecule has 0 aromatic heterocycles. The highest BCUT2D eigenvalue weighted by Gasteiger charge is 2.30. The summed E-state index contributed by atoms with van der Waals surface area (Å²) in [6.45, 7) is 2.85. The molecule has 112 valence electrons. The van der Waals surface area contributed by atoms with Crippen molar-refractivity contribution in [1.82, 2.24) is 10.2 Å². The first-order chi connectivity index (χ1) is 8.99. The van der Waals surface area contributed by atoms with Crippen molar-refractivity contribution in [1.29, 1.82) is 0 Å². The van der Waals surface area contributed by atoms with Gasteiger partial charge in [-0.05, 0) is 59.7 Å². The molecule has 1 atom stereocenters. The third-order valence-corrected chi connectivity index (χ3v) is 4.66. The van der Waals surface area contributed by atoms with Crippen molar-refractivity contribution in [2.75, 3.05) is 20.6 Å². The van der Waals surface area contributed by atoms with Gasteiger partial charge in [0.2, 0.25) is 0 Å². The van der Waals surface area contributed by atoms with Crippen molar-refractivity contribution in [3.63, 3.8) is 0 Å². The third kappa shape index (κ3) is 5.11. The monoisotopic (exact) mass is 270 g/mol. The predicted octanol–water partition coefficient (Wildman–Crippen LogP) is 2.48. The van der Waals surface area contributed by atoms with Gasteiger partial charge in [0, 0.05) is 6.04 Å². The second-order valence-electron chi connectivity index (χ2n) is 6.12. The summed E-state index contributed by atoms with van der Waals surface area (Å²) >= 11 is 0. The van der Waals surface area contributed by atoms with Crippen LogP contribution in [0, 0.1) is 0 Å². The van der Waals surface area contributed by atoms with Crippen molar-refractivity contribution in [3.05, 3.63) is 0 Å². The van der Waals surface area contributed by atoms with Gasteiger partial charge in [0.15, 0.2) is 0 Å². The van der Waals surface area contributed by atoms with Gasteiger partial charge in [-0.25, -0.2) is 0 Å². The molecule has 0 bridgehead atoms. The molecule has 1 rings (SSSR count). The minimum absolute atomic E-state index is 0.692. The quantitative estimate of drug-likeness (QED) is 0.665. The van der Waals surface area contributed by atoms with Gasteiger partial charge in [-0.15, -0.1) is 0 Å². The molecule has 0 amide bonds. The molecule has 2 N–H and O–H groups in total. The molecule has 0 aromatic rings. The fourth-order valence-electron chi connectivity index (χ4n) is 2.88. The van der Waals surface area contributed by atoms with E-state index in [-0.39, 0.29) is 0 Å². The van der Waals surface area contributed by atoms with Gasteiger partial charge in [0.1, 0.15) is 5.54 Å². The van der Waals surface area contributed by atoms with E-state index in [0.717, 1.165) is 25.4 Å². The topological polar surface area (TPSA) is 52.6 Å². The maximum atomic E-state index is 11.2. The van der Waals surface area contributed by atoms with E-state index in [9.17, 15) is 9.90 Å². The number of nitrogens with zero attached hydrogens (tertiary/aromatic N) is 1. The SMILES string of the molecule is CNC(C)(CCCCN(C)C1CCCCC1)C(=O)O. The molecule has 0 saturated heterocycles. The van der Waals surface area contributed by atoms with Crippen molar-refractivity contribution >= 4 is 5.97 Å². The molecule has 1 aliphatic carbocycles. The van der Waals surface area contributed by atoms with Crippen LogP contribution in [-0.4, -0.2) is 48.2 Å². The average Bonchev–Trinajstić information content (AvgIpc) is 2.43. The molecule has 19 heavy (non-hydrogen) atoms. The van der Waals surface area contributed by atoms with Crippen LogP contribution in [0.4, 0.5) is 0 Å². The lowest BCUT2D eigenvalue weighted by molar-refractivity contribution is -0.144. The summed E-state index contributed by atoms with van der Waals surface area (Å²) in [5.74, 6) is -0.754. The lowest BCUT2D eigenvalue weighted by Gasteiger charge is -2.31. The van der Waals surface area contributed by atoms with Gasteiger partial charge in [0.05, 0.1) is 0 Å². The van der Waals surface area contributed by atoms with Crippen LogP contribution in [-0.2, 0) is 4.79 Å². The van der Waals surface area contributed by atoms with E-state index in [1.54, 1.807) is 14.0 Å². The first-order valence-corrected chi connectivity index (χ1v) is 7.62. The van der Waals surface area contributed by atoms with Crippen molar-refractivity contribution in [2.45, 2.75) is 69.9 Å². The van der Waals surface area contributed by atoms with Gasteiger partial charge >= 0.3 is 5.97 Å². The summed E-state index contributed by atoms with van der Waals surface area (Å²) in [6.07, 6.45) is 9.52. The summed E-state index contributed by atoms with van der Waals surface area (Å²) in [7, 11) is 3.94. The fraction of sp³-hybridized carbons (Fsp3) is 0.933. The number of nitrogens with one attached hydrogen (secondary N) is 1. The van der Waals surface area contributed by atoms with Gasteiger partial charge in [-0.1, -0.05) is 19.3 Å². The fourth-order valence-corrected chi connectivity index (χ4v) is 2.88. The van der Waals surface area contributed by atoms with E-state index in [2.05, 4.69) is 17.3 Å². The van der Waals surface area contributed by atoms with E-state index in [0.29, 0.717) is 6.42 Å². The number of rotatable bonds is 8. The minimum Gasteiger partial charge on any atom is -0.480 e. The predicted molar refractivity (Wildman–Crippen MR) is 78.5 cm³/mol. The summed E-state index contributed by atoms with van der Waals surface area (Å²) in [5.41, 5.74) is -0.774. The molecule has 1 saturated carbocycles. The van der Waals surface area contributed by atoms with E-state index in [1.165, 1.54) is 32.1 Å². The molecule has 0 spiro atoms. The first-order valence-electron chi connectivity index (χ1n) is 7.62. The molecular formula is C15H30N2O2. The van der Waals surface area contributed by atoms with Gasteiger partial charge in [0.25, 0.3) is 0 Å². The van der Waals surface area contributed by atoms with Gasteiger partial charge < -0.3 is 15.3 Å². The Balaban J connectivity index is 2.20. The Bertz CT molecular complexity index is 277. The van der Waals surface area contributed by atoms with Gasteiger partial charge in [-0.3, -0.25) is 4.79 Å². The molecule has 4 nitrogen and oxygen atoms in total. The van der Waals surface area contributed by atoms with Crippen LogP contribution in [0.5, 0.6) is 0 Å². The summed E-state index contributed by atoms with van der Waals surface area (Å²) in [5, 5.41) is 12.1. The Labute approximate surface area is 117 Å². The van der Waals surface area contributed by atoms with Crippen LogP contribution in [0.3, 0.4) is 0 Å². The normalized spacial score (nSPS) is 20.4. The molecule has 4 heteroatoms. The largest absolute Gasteiger partial charge is 0.480 e. The second kappa shape index (κ2) is 7.85. The van der Waals surface area contributed by atoms with Crippen LogP contribution in [0.1, 0.15) is 58.3 Å². The van der Waals surface area contributed by atoms with E-state index < -0.39 is 11.5 Å². The van der Waals surface area contributed by atoms with Crippen LogP contribution < -0.4 is 5.32 Å². The van der Waals surface area contributed by atoms with Crippen molar-refractivity contribution in [3.8, 4) is 0 Å². The van der Waals surface area contributed by atoms with Gasteiger partial charge in [-0.2, -0.15) is 0 Å². The maximum Gasteiger partial charge on any atom is 0.323 e. The average molecular weight is 270 g/mol. The third-order valence-electron chi connectivity index (χ3n) is 4.66. The van der Waals surface area contributed by atoms with Crippen LogP contribution in [0.25, 0.3) is 0 Å². The minimum atomic E-state index is -0.774. The Hall–Kier alpha value is -0.610. The van der Waals surface area contributed by atoms with Crippen LogP contribution >= 0.6 is 0 Å². The zero-order valence-corrected chi connectivity index (χ0v) is 12.7. The molecule has 0 aliphatic heterocycles. The molecule has 1 aliphatic rings. The number of carbonyl (C=O) groups is 1.